The Morgan fingerprint density at radius 3 is 2.73 bits per heavy atom. The lowest BCUT2D eigenvalue weighted by Crippen LogP contribution is -2.24. The van der Waals surface area contributed by atoms with Crippen LogP contribution in [-0.4, -0.2) is 10.9 Å². The topological polar surface area (TPSA) is 77.8 Å². The number of aromatic nitrogens is 1. The molecule has 5 nitrogen and oxygen atoms in total. The highest BCUT2D eigenvalue weighted by atomic mass is 35.5. The quantitative estimate of drug-likeness (QED) is 0.609. The summed E-state index contributed by atoms with van der Waals surface area (Å²) in [4.78, 5) is 15.9. The first-order chi connectivity index (χ1) is 12.3. The molecule has 0 bridgehead atoms. The van der Waals surface area contributed by atoms with Gasteiger partial charge in [-0.1, -0.05) is 17.7 Å². The maximum atomic E-state index is 13.0. The summed E-state index contributed by atoms with van der Waals surface area (Å²) in [5.41, 5.74) is -0.996. The van der Waals surface area contributed by atoms with Crippen LogP contribution in [0.15, 0.2) is 54.5 Å². The molecule has 0 unspecified atom stereocenters. The average Bonchev–Trinajstić information content (AvgIpc) is 2.61. The molecule has 0 aliphatic heterocycles. The molecule has 9 heteroatoms. The first-order valence-corrected chi connectivity index (χ1v) is 7.59. The lowest BCUT2D eigenvalue weighted by molar-refractivity contribution is -0.136. The number of carbonyl (C=O) groups is 1. The van der Waals surface area contributed by atoms with Crippen molar-refractivity contribution in [3.05, 3.63) is 70.6 Å². The number of hydrogen-bond acceptors (Lipinski definition) is 4. The van der Waals surface area contributed by atoms with Crippen LogP contribution >= 0.6 is 11.6 Å². The standard InChI is InChI=1S/C17H12ClF3N4O/c18-13-3-4-15(14(6-13)17(19,20)21)24-10-12(7-22)16(26)25-9-11-2-1-5-23-8-11/h1-6,8,10,24H,9H2,(H,25,26)/b12-10-. The van der Waals surface area contributed by atoms with Crippen LogP contribution in [-0.2, 0) is 17.5 Å². The minimum absolute atomic E-state index is 0.0819. The molecule has 2 rings (SSSR count). The molecule has 2 N–H and O–H groups in total. The second-order valence-corrected chi connectivity index (χ2v) is 5.48. The number of carbonyl (C=O) groups excluding carboxylic acids is 1. The van der Waals surface area contributed by atoms with Gasteiger partial charge in [0.25, 0.3) is 5.91 Å². The molecular formula is C17H12ClF3N4O. The molecule has 1 aromatic heterocycles. The second kappa shape index (κ2) is 8.36. The number of hydrogen-bond donors (Lipinski definition) is 2. The van der Waals surface area contributed by atoms with E-state index in [-0.39, 0.29) is 22.8 Å². The molecule has 0 aliphatic carbocycles. The Balaban J connectivity index is 2.12. The van der Waals surface area contributed by atoms with Gasteiger partial charge in [0.2, 0.25) is 0 Å². The van der Waals surface area contributed by atoms with E-state index in [0.29, 0.717) is 5.56 Å². The number of nitrogens with one attached hydrogen (secondary N) is 2. The molecule has 0 saturated heterocycles. The Bertz CT molecular complexity index is 861. The van der Waals surface area contributed by atoms with E-state index in [0.717, 1.165) is 18.3 Å². The van der Waals surface area contributed by atoms with Gasteiger partial charge in [-0.15, -0.1) is 0 Å². The van der Waals surface area contributed by atoms with Crippen molar-refractivity contribution in [1.82, 2.24) is 10.3 Å². The van der Waals surface area contributed by atoms with Crippen molar-refractivity contribution < 1.29 is 18.0 Å². The number of amides is 1. The molecule has 1 aromatic carbocycles. The number of nitrogens with zero attached hydrogens (tertiary/aromatic N) is 2. The predicted octanol–water partition coefficient (Wildman–Crippen LogP) is 3.89. The third kappa shape index (κ3) is 5.22. The van der Waals surface area contributed by atoms with Crippen molar-refractivity contribution in [3.8, 4) is 6.07 Å². The van der Waals surface area contributed by atoms with E-state index in [1.165, 1.54) is 12.3 Å². The largest absolute Gasteiger partial charge is 0.418 e. The molecule has 1 amide bonds. The van der Waals surface area contributed by atoms with Gasteiger partial charge in [-0.05, 0) is 29.8 Å². The maximum Gasteiger partial charge on any atom is 0.418 e. The Kier molecular flexibility index (Phi) is 6.20. The maximum absolute atomic E-state index is 13.0. The van der Waals surface area contributed by atoms with Crippen molar-refractivity contribution in [2.45, 2.75) is 12.7 Å². The molecule has 0 atom stereocenters. The third-order valence-corrected chi connectivity index (χ3v) is 3.44. The van der Waals surface area contributed by atoms with Crippen LogP contribution in [0.5, 0.6) is 0 Å². The molecule has 2 aromatic rings. The molecule has 0 fully saturated rings. The third-order valence-electron chi connectivity index (χ3n) is 3.20. The van der Waals surface area contributed by atoms with E-state index in [2.05, 4.69) is 15.6 Å². The molecule has 0 aliphatic rings. The summed E-state index contributed by atoms with van der Waals surface area (Å²) in [5.74, 6) is -0.730. The van der Waals surface area contributed by atoms with Gasteiger partial charge >= 0.3 is 6.18 Å². The molecule has 1 heterocycles. The number of pyridine rings is 1. The fourth-order valence-electron chi connectivity index (χ4n) is 1.96. The van der Waals surface area contributed by atoms with Crippen molar-refractivity contribution in [1.29, 1.82) is 5.26 Å². The zero-order valence-corrected chi connectivity index (χ0v) is 13.9. The summed E-state index contributed by atoms with van der Waals surface area (Å²) >= 11 is 5.60. The van der Waals surface area contributed by atoms with E-state index in [1.54, 1.807) is 24.4 Å². The minimum Gasteiger partial charge on any atom is -0.360 e. The lowest BCUT2D eigenvalue weighted by atomic mass is 10.1. The van der Waals surface area contributed by atoms with E-state index < -0.39 is 17.6 Å². The van der Waals surface area contributed by atoms with Gasteiger partial charge in [0.15, 0.2) is 0 Å². The highest BCUT2D eigenvalue weighted by molar-refractivity contribution is 6.30. The van der Waals surface area contributed by atoms with E-state index in [4.69, 9.17) is 16.9 Å². The highest BCUT2D eigenvalue weighted by Gasteiger charge is 2.33. The van der Waals surface area contributed by atoms with E-state index in [1.807, 2.05) is 0 Å². The Morgan fingerprint density at radius 2 is 2.12 bits per heavy atom. The van der Waals surface area contributed by atoms with E-state index >= 15 is 0 Å². The van der Waals surface area contributed by atoms with Crippen LogP contribution in [0.3, 0.4) is 0 Å². The SMILES string of the molecule is N#C/C(=C/Nc1ccc(Cl)cc1C(F)(F)F)C(=O)NCc1cccnc1. The summed E-state index contributed by atoms with van der Waals surface area (Å²) < 4.78 is 39.1. The van der Waals surface area contributed by atoms with Gasteiger partial charge in [0.1, 0.15) is 11.6 Å². The summed E-state index contributed by atoms with van der Waals surface area (Å²) in [6.07, 6.45) is -0.620. The number of benzene rings is 1. The van der Waals surface area contributed by atoms with Crippen LogP contribution < -0.4 is 10.6 Å². The molecular weight excluding hydrogens is 369 g/mol. The van der Waals surface area contributed by atoms with Gasteiger partial charge < -0.3 is 10.6 Å². The monoisotopic (exact) mass is 380 g/mol. The van der Waals surface area contributed by atoms with Gasteiger partial charge in [0.05, 0.1) is 11.3 Å². The predicted molar refractivity (Wildman–Crippen MR) is 89.9 cm³/mol. The Hall–Kier alpha value is -3.05. The summed E-state index contributed by atoms with van der Waals surface area (Å²) in [5, 5.41) is 13.8. The fourth-order valence-corrected chi connectivity index (χ4v) is 2.13. The smallest absolute Gasteiger partial charge is 0.360 e. The van der Waals surface area contributed by atoms with Gasteiger partial charge in [0, 0.05) is 30.2 Å². The molecule has 0 saturated carbocycles. The normalized spacial score (nSPS) is 11.6. The molecule has 26 heavy (non-hydrogen) atoms. The van der Waals surface area contributed by atoms with Crippen LogP contribution in [0.25, 0.3) is 0 Å². The number of rotatable bonds is 5. The number of nitriles is 1. The first kappa shape index (κ1) is 19.3. The number of halogens is 4. The Morgan fingerprint density at radius 1 is 1.35 bits per heavy atom. The lowest BCUT2D eigenvalue weighted by Gasteiger charge is -2.13. The molecule has 134 valence electrons. The van der Waals surface area contributed by atoms with Crippen molar-refractivity contribution in [2.24, 2.45) is 0 Å². The van der Waals surface area contributed by atoms with Crippen LogP contribution in [0.2, 0.25) is 5.02 Å². The van der Waals surface area contributed by atoms with Crippen LogP contribution in [0, 0.1) is 11.3 Å². The van der Waals surface area contributed by atoms with Gasteiger partial charge in [-0.25, -0.2) is 0 Å². The fraction of sp³-hybridized carbons (Fsp3) is 0.118. The average molecular weight is 381 g/mol. The van der Waals surface area contributed by atoms with Crippen molar-refractivity contribution >= 4 is 23.2 Å². The van der Waals surface area contributed by atoms with Crippen molar-refractivity contribution in [2.75, 3.05) is 5.32 Å². The zero-order chi connectivity index (χ0) is 19.2. The number of alkyl halides is 3. The van der Waals surface area contributed by atoms with E-state index in [9.17, 15) is 18.0 Å². The van der Waals surface area contributed by atoms with Gasteiger partial charge in [-0.3, -0.25) is 9.78 Å². The van der Waals surface area contributed by atoms with Crippen LogP contribution in [0.1, 0.15) is 11.1 Å². The van der Waals surface area contributed by atoms with Crippen molar-refractivity contribution in [3.63, 3.8) is 0 Å². The molecule has 0 radical (unpaired) electrons. The highest BCUT2D eigenvalue weighted by Crippen LogP contribution is 2.36. The molecule has 0 spiro atoms. The summed E-state index contributed by atoms with van der Waals surface area (Å²) in [6, 6.07) is 8.19. The van der Waals surface area contributed by atoms with Gasteiger partial charge in [-0.2, -0.15) is 18.4 Å². The summed E-state index contributed by atoms with van der Waals surface area (Å²) in [6.45, 7) is 0.125. The Labute approximate surface area is 152 Å². The minimum atomic E-state index is -4.64. The second-order valence-electron chi connectivity index (χ2n) is 5.05. The first-order valence-electron chi connectivity index (χ1n) is 7.22. The van der Waals surface area contributed by atoms with Crippen LogP contribution in [0.4, 0.5) is 18.9 Å². The summed E-state index contributed by atoms with van der Waals surface area (Å²) in [7, 11) is 0. The zero-order valence-electron chi connectivity index (χ0n) is 13.1. The number of anilines is 1.